The topological polar surface area (TPSA) is 52.6 Å². The van der Waals surface area contributed by atoms with Gasteiger partial charge in [0.25, 0.3) is 0 Å². The van der Waals surface area contributed by atoms with Gasteiger partial charge in [-0.25, -0.2) is 0 Å². The normalized spacial score (nSPS) is 10.8. The number of carbonyl (C=O) groups excluding carboxylic acids is 2. The van der Waals surface area contributed by atoms with Gasteiger partial charge in [0.1, 0.15) is 11.5 Å². The summed E-state index contributed by atoms with van der Waals surface area (Å²) in [5.74, 6) is 0.0865. The molecule has 0 heterocycles. The first-order chi connectivity index (χ1) is 13.5. The van der Waals surface area contributed by atoms with E-state index in [1.54, 1.807) is 0 Å². The Bertz CT molecular complexity index is 1130. The standard InChI is InChI=1S/C24H18O4/c1-15(25)27-23-19-9-5-3-7-17(19)11-13-21(23)22-14-12-18-8-4-6-10-20(18)24(22)28-16(2)26/h3-14H,1-2H3. The molecule has 0 radical (unpaired) electrons. The Morgan fingerprint density at radius 1 is 0.571 bits per heavy atom. The second kappa shape index (κ2) is 7.16. The second-order valence-corrected chi connectivity index (χ2v) is 6.51. The Balaban J connectivity index is 2.06. The summed E-state index contributed by atoms with van der Waals surface area (Å²) in [6.45, 7) is 2.75. The fourth-order valence-corrected chi connectivity index (χ4v) is 3.42. The van der Waals surface area contributed by atoms with Crippen molar-refractivity contribution in [3.8, 4) is 22.6 Å². The van der Waals surface area contributed by atoms with Crippen molar-refractivity contribution in [3.05, 3.63) is 72.8 Å². The third-order valence-electron chi connectivity index (χ3n) is 4.54. The summed E-state index contributed by atoms with van der Waals surface area (Å²) in [6, 6.07) is 23.1. The van der Waals surface area contributed by atoms with Crippen LogP contribution in [-0.2, 0) is 9.59 Å². The van der Waals surface area contributed by atoms with Crippen molar-refractivity contribution in [2.24, 2.45) is 0 Å². The van der Waals surface area contributed by atoms with Gasteiger partial charge in [0, 0.05) is 35.7 Å². The molecular weight excluding hydrogens is 352 g/mol. The lowest BCUT2D eigenvalue weighted by molar-refractivity contribution is -0.132. The molecule has 0 aliphatic heterocycles. The van der Waals surface area contributed by atoms with E-state index in [9.17, 15) is 9.59 Å². The lowest BCUT2D eigenvalue weighted by Crippen LogP contribution is -2.06. The summed E-state index contributed by atoms with van der Waals surface area (Å²) in [7, 11) is 0. The largest absolute Gasteiger partial charge is 0.425 e. The average molecular weight is 370 g/mol. The molecule has 28 heavy (non-hydrogen) atoms. The van der Waals surface area contributed by atoms with Crippen LogP contribution in [0.1, 0.15) is 13.8 Å². The highest BCUT2D eigenvalue weighted by Crippen LogP contribution is 2.43. The fourth-order valence-electron chi connectivity index (χ4n) is 3.42. The number of hydrogen-bond acceptors (Lipinski definition) is 4. The molecule has 4 aromatic rings. The van der Waals surface area contributed by atoms with Crippen LogP contribution >= 0.6 is 0 Å². The number of ether oxygens (including phenoxy) is 2. The molecule has 4 nitrogen and oxygen atoms in total. The van der Waals surface area contributed by atoms with Crippen molar-refractivity contribution < 1.29 is 19.1 Å². The number of benzene rings is 4. The van der Waals surface area contributed by atoms with Crippen molar-refractivity contribution in [3.63, 3.8) is 0 Å². The van der Waals surface area contributed by atoms with E-state index in [0.717, 1.165) is 21.5 Å². The summed E-state index contributed by atoms with van der Waals surface area (Å²) < 4.78 is 11.2. The second-order valence-electron chi connectivity index (χ2n) is 6.51. The minimum absolute atomic E-state index is 0.410. The molecular formula is C24H18O4. The molecule has 0 spiro atoms. The summed E-state index contributed by atoms with van der Waals surface area (Å²) in [6.07, 6.45) is 0. The SMILES string of the molecule is CC(=O)Oc1c(-c2ccc3ccccc3c2OC(C)=O)ccc2ccccc12. The molecule has 0 fully saturated rings. The molecule has 0 saturated heterocycles. The van der Waals surface area contributed by atoms with Gasteiger partial charge >= 0.3 is 11.9 Å². The predicted octanol–water partition coefficient (Wildman–Crippen LogP) is 5.51. The minimum atomic E-state index is -0.410. The van der Waals surface area contributed by atoms with Gasteiger partial charge in [0.15, 0.2) is 0 Å². The van der Waals surface area contributed by atoms with Crippen LogP contribution in [0.4, 0.5) is 0 Å². The maximum absolute atomic E-state index is 11.8. The van der Waals surface area contributed by atoms with E-state index in [0.29, 0.717) is 22.6 Å². The Morgan fingerprint density at radius 3 is 1.36 bits per heavy atom. The molecule has 0 N–H and O–H groups in total. The maximum Gasteiger partial charge on any atom is 0.308 e. The van der Waals surface area contributed by atoms with Crippen molar-refractivity contribution in [1.82, 2.24) is 0 Å². The number of esters is 2. The van der Waals surface area contributed by atoms with Crippen molar-refractivity contribution in [1.29, 1.82) is 0 Å². The van der Waals surface area contributed by atoms with Gasteiger partial charge in [-0.15, -0.1) is 0 Å². The van der Waals surface area contributed by atoms with Crippen LogP contribution in [0.3, 0.4) is 0 Å². The molecule has 4 heteroatoms. The monoisotopic (exact) mass is 370 g/mol. The fraction of sp³-hybridized carbons (Fsp3) is 0.0833. The quantitative estimate of drug-likeness (QED) is 0.352. The van der Waals surface area contributed by atoms with Gasteiger partial charge in [0.05, 0.1) is 0 Å². The summed E-state index contributed by atoms with van der Waals surface area (Å²) >= 11 is 0. The van der Waals surface area contributed by atoms with Gasteiger partial charge in [-0.1, -0.05) is 60.7 Å². The van der Waals surface area contributed by atoms with Crippen LogP contribution in [0.25, 0.3) is 32.7 Å². The zero-order valence-corrected chi connectivity index (χ0v) is 15.6. The number of fused-ring (bicyclic) bond motifs is 2. The summed E-state index contributed by atoms with van der Waals surface area (Å²) in [4.78, 5) is 23.6. The highest BCUT2D eigenvalue weighted by atomic mass is 16.5. The number of carbonyl (C=O) groups is 2. The van der Waals surface area contributed by atoms with E-state index in [-0.39, 0.29) is 0 Å². The van der Waals surface area contributed by atoms with Crippen LogP contribution in [0.2, 0.25) is 0 Å². The van der Waals surface area contributed by atoms with E-state index < -0.39 is 11.9 Å². The number of rotatable bonds is 3. The van der Waals surface area contributed by atoms with E-state index in [1.165, 1.54) is 13.8 Å². The third-order valence-corrected chi connectivity index (χ3v) is 4.54. The van der Waals surface area contributed by atoms with E-state index in [1.807, 2.05) is 72.8 Å². The molecule has 0 aromatic heterocycles. The Kier molecular flexibility index (Phi) is 4.53. The molecule has 0 atom stereocenters. The van der Waals surface area contributed by atoms with Crippen LogP contribution in [0.15, 0.2) is 72.8 Å². The van der Waals surface area contributed by atoms with E-state index in [2.05, 4.69) is 0 Å². The van der Waals surface area contributed by atoms with E-state index >= 15 is 0 Å². The molecule has 4 rings (SSSR count). The summed E-state index contributed by atoms with van der Waals surface area (Å²) in [5.41, 5.74) is 1.38. The molecule has 138 valence electrons. The van der Waals surface area contributed by atoms with Gasteiger partial charge < -0.3 is 9.47 Å². The molecule has 0 aliphatic rings. The molecule has 0 saturated carbocycles. The number of hydrogen-bond donors (Lipinski definition) is 0. The first-order valence-electron chi connectivity index (χ1n) is 8.95. The molecule has 0 bridgehead atoms. The smallest absolute Gasteiger partial charge is 0.308 e. The highest BCUT2D eigenvalue weighted by Gasteiger charge is 2.19. The predicted molar refractivity (Wildman–Crippen MR) is 110 cm³/mol. The molecule has 0 aliphatic carbocycles. The van der Waals surface area contributed by atoms with Crippen LogP contribution in [0, 0.1) is 0 Å². The Labute approximate surface area is 162 Å². The van der Waals surface area contributed by atoms with Crippen molar-refractivity contribution >= 4 is 33.5 Å². The molecule has 0 amide bonds. The zero-order valence-electron chi connectivity index (χ0n) is 15.6. The zero-order chi connectivity index (χ0) is 19.7. The Morgan fingerprint density at radius 2 is 0.964 bits per heavy atom. The summed E-state index contributed by atoms with van der Waals surface area (Å²) in [5, 5.41) is 3.55. The molecule has 4 aromatic carbocycles. The molecule has 0 unspecified atom stereocenters. The third kappa shape index (κ3) is 3.21. The van der Waals surface area contributed by atoms with Crippen LogP contribution < -0.4 is 9.47 Å². The average Bonchev–Trinajstić information content (AvgIpc) is 2.68. The van der Waals surface area contributed by atoms with Gasteiger partial charge in [0.2, 0.25) is 0 Å². The van der Waals surface area contributed by atoms with Gasteiger partial charge in [-0.2, -0.15) is 0 Å². The van der Waals surface area contributed by atoms with E-state index in [4.69, 9.17) is 9.47 Å². The first-order valence-corrected chi connectivity index (χ1v) is 8.95. The van der Waals surface area contributed by atoms with Gasteiger partial charge in [-0.3, -0.25) is 9.59 Å². The van der Waals surface area contributed by atoms with Crippen LogP contribution in [0.5, 0.6) is 11.5 Å². The van der Waals surface area contributed by atoms with Crippen molar-refractivity contribution in [2.75, 3.05) is 0 Å². The Hall–Kier alpha value is -3.66. The first kappa shape index (κ1) is 17.7. The highest BCUT2D eigenvalue weighted by molar-refractivity contribution is 6.02. The minimum Gasteiger partial charge on any atom is -0.425 e. The van der Waals surface area contributed by atoms with Gasteiger partial charge in [-0.05, 0) is 22.9 Å². The van der Waals surface area contributed by atoms with Crippen molar-refractivity contribution in [2.45, 2.75) is 13.8 Å². The maximum atomic E-state index is 11.8. The lowest BCUT2D eigenvalue weighted by atomic mass is 9.96. The lowest BCUT2D eigenvalue weighted by Gasteiger charge is -2.17. The van der Waals surface area contributed by atoms with Crippen LogP contribution in [-0.4, -0.2) is 11.9 Å².